The zero-order valence-electron chi connectivity index (χ0n) is 12.1. The van der Waals surface area contributed by atoms with Crippen LogP contribution < -0.4 is 10.1 Å². The quantitative estimate of drug-likeness (QED) is 0.651. The van der Waals surface area contributed by atoms with Crippen molar-refractivity contribution in [2.45, 2.75) is 13.3 Å². The van der Waals surface area contributed by atoms with Gasteiger partial charge in [0.1, 0.15) is 5.75 Å². The predicted molar refractivity (Wildman–Crippen MR) is 83.0 cm³/mol. The molecule has 0 radical (unpaired) electrons. The molecular weight excluding hydrogens is 268 g/mol. The third-order valence-electron chi connectivity index (χ3n) is 3.19. The monoisotopic (exact) mass is 286 g/mol. The summed E-state index contributed by atoms with van der Waals surface area (Å²) in [6, 6.07) is 12.8. The van der Waals surface area contributed by atoms with Crippen molar-refractivity contribution in [3.05, 3.63) is 63.7 Å². The third-order valence-corrected chi connectivity index (χ3v) is 3.19. The molecule has 2 aromatic carbocycles. The summed E-state index contributed by atoms with van der Waals surface area (Å²) in [5.41, 5.74) is 2.84. The van der Waals surface area contributed by atoms with Crippen molar-refractivity contribution in [2.75, 3.05) is 19.0 Å². The molecule has 21 heavy (non-hydrogen) atoms. The molecule has 0 aliphatic carbocycles. The lowest BCUT2D eigenvalue weighted by molar-refractivity contribution is -0.384. The number of nitro groups is 1. The van der Waals surface area contributed by atoms with Crippen molar-refractivity contribution in [1.82, 2.24) is 0 Å². The number of nitrogens with zero attached hydrogens (tertiary/aromatic N) is 1. The fourth-order valence-electron chi connectivity index (χ4n) is 2.22. The molecule has 2 aromatic rings. The number of methoxy groups -OCH3 is 1. The van der Waals surface area contributed by atoms with Crippen LogP contribution in [0.25, 0.3) is 0 Å². The van der Waals surface area contributed by atoms with E-state index in [-0.39, 0.29) is 10.6 Å². The van der Waals surface area contributed by atoms with Gasteiger partial charge in [-0.3, -0.25) is 10.1 Å². The van der Waals surface area contributed by atoms with E-state index in [1.807, 2.05) is 37.3 Å². The van der Waals surface area contributed by atoms with Crippen LogP contribution in [0, 0.1) is 17.0 Å². The van der Waals surface area contributed by atoms with Gasteiger partial charge in [0.2, 0.25) is 0 Å². The highest BCUT2D eigenvalue weighted by Gasteiger charge is 2.08. The summed E-state index contributed by atoms with van der Waals surface area (Å²) >= 11 is 0. The molecule has 0 spiro atoms. The van der Waals surface area contributed by atoms with Crippen LogP contribution in [0.5, 0.6) is 5.75 Å². The number of para-hydroxylation sites is 1. The van der Waals surface area contributed by atoms with E-state index in [4.69, 9.17) is 4.74 Å². The molecule has 2 rings (SSSR count). The fourth-order valence-corrected chi connectivity index (χ4v) is 2.22. The number of ether oxygens (including phenoxy) is 1. The second-order valence-electron chi connectivity index (χ2n) is 4.80. The van der Waals surface area contributed by atoms with Crippen molar-refractivity contribution < 1.29 is 9.66 Å². The summed E-state index contributed by atoms with van der Waals surface area (Å²) in [4.78, 5) is 10.5. The topological polar surface area (TPSA) is 64.4 Å². The van der Waals surface area contributed by atoms with Gasteiger partial charge >= 0.3 is 0 Å². The molecule has 0 amide bonds. The number of anilines is 1. The first-order valence-corrected chi connectivity index (χ1v) is 6.72. The molecule has 0 atom stereocenters. The van der Waals surface area contributed by atoms with Gasteiger partial charge in [0.15, 0.2) is 0 Å². The van der Waals surface area contributed by atoms with Crippen molar-refractivity contribution in [1.29, 1.82) is 0 Å². The normalized spacial score (nSPS) is 10.2. The lowest BCUT2D eigenvalue weighted by Gasteiger charge is -2.10. The van der Waals surface area contributed by atoms with E-state index in [0.29, 0.717) is 6.54 Å². The van der Waals surface area contributed by atoms with Crippen molar-refractivity contribution in [3.63, 3.8) is 0 Å². The summed E-state index contributed by atoms with van der Waals surface area (Å²) in [6.07, 6.45) is 0.783. The maximum absolute atomic E-state index is 10.8. The summed E-state index contributed by atoms with van der Waals surface area (Å²) < 4.78 is 5.30. The number of non-ortho nitro benzene ring substituents is 1. The van der Waals surface area contributed by atoms with Gasteiger partial charge in [-0.05, 0) is 36.6 Å². The van der Waals surface area contributed by atoms with E-state index in [1.54, 1.807) is 19.2 Å². The molecule has 0 aliphatic rings. The van der Waals surface area contributed by atoms with Crippen LogP contribution in [0.15, 0.2) is 42.5 Å². The van der Waals surface area contributed by atoms with Crippen LogP contribution in [0.4, 0.5) is 11.4 Å². The Morgan fingerprint density at radius 3 is 2.71 bits per heavy atom. The molecule has 0 saturated carbocycles. The van der Waals surface area contributed by atoms with Gasteiger partial charge in [-0.1, -0.05) is 18.2 Å². The predicted octanol–water partition coefficient (Wildman–Crippen LogP) is 3.57. The Bertz CT molecular complexity index is 641. The summed E-state index contributed by atoms with van der Waals surface area (Å²) in [7, 11) is 1.65. The minimum absolute atomic E-state index is 0.106. The third kappa shape index (κ3) is 3.95. The minimum Gasteiger partial charge on any atom is -0.496 e. The number of aryl methyl sites for hydroxylation is 1. The molecule has 5 nitrogen and oxygen atoms in total. The average molecular weight is 286 g/mol. The molecule has 0 unspecified atom stereocenters. The van der Waals surface area contributed by atoms with Crippen molar-refractivity contribution >= 4 is 11.4 Å². The first-order chi connectivity index (χ1) is 10.1. The van der Waals surface area contributed by atoms with E-state index < -0.39 is 0 Å². The molecule has 0 fully saturated rings. The Morgan fingerprint density at radius 2 is 2.00 bits per heavy atom. The van der Waals surface area contributed by atoms with Crippen LogP contribution >= 0.6 is 0 Å². The molecular formula is C16H18N2O3. The Labute approximate surface area is 123 Å². The van der Waals surface area contributed by atoms with E-state index in [9.17, 15) is 10.1 Å². The lowest BCUT2D eigenvalue weighted by Crippen LogP contribution is -2.06. The van der Waals surface area contributed by atoms with E-state index in [2.05, 4.69) is 5.32 Å². The molecule has 0 heterocycles. The Morgan fingerprint density at radius 1 is 1.24 bits per heavy atom. The van der Waals surface area contributed by atoms with Gasteiger partial charge in [-0.2, -0.15) is 0 Å². The molecule has 5 heteroatoms. The number of rotatable bonds is 6. The minimum atomic E-state index is -0.377. The van der Waals surface area contributed by atoms with Gasteiger partial charge in [0.05, 0.1) is 12.0 Å². The van der Waals surface area contributed by atoms with Gasteiger partial charge in [-0.15, -0.1) is 0 Å². The maximum atomic E-state index is 10.8. The second-order valence-corrected chi connectivity index (χ2v) is 4.80. The molecule has 0 saturated heterocycles. The molecule has 0 aliphatic heterocycles. The second kappa shape index (κ2) is 6.74. The van der Waals surface area contributed by atoms with Crippen LogP contribution in [-0.2, 0) is 6.42 Å². The van der Waals surface area contributed by atoms with Crippen LogP contribution in [0.3, 0.4) is 0 Å². The Kier molecular flexibility index (Phi) is 4.77. The number of nitrogens with one attached hydrogen (secondary N) is 1. The highest BCUT2D eigenvalue weighted by molar-refractivity contribution is 5.54. The number of hydrogen-bond donors (Lipinski definition) is 1. The smallest absolute Gasteiger partial charge is 0.271 e. The van der Waals surface area contributed by atoms with Gasteiger partial charge < -0.3 is 10.1 Å². The standard InChI is InChI=1S/C16H18N2O3/c1-12-9-14(11-15(10-12)18(19)20)17-8-7-13-5-3-4-6-16(13)21-2/h3-6,9-11,17H,7-8H2,1-2H3. The van der Waals surface area contributed by atoms with E-state index in [0.717, 1.165) is 29.0 Å². The van der Waals surface area contributed by atoms with E-state index in [1.165, 1.54) is 0 Å². The number of nitro benzene ring substituents is 1. The highest BCUT2D eigenvalue weighted by Crippen LogP contribution is 2.21. The highest BCUT2D eigenvalue weighted by atomic mass is 16.6. The average Bonchev–Trinajstić information content (AvgIpc) is 2.47. The van der Waals surface area contributed by atoms with Crippen LogP contribution in [0.2, 0.25) is 0 Å². The summed E-state index contributed by atoms with van der Waals surface area (Å²) in [6.45, 7) is 2.53. The molecule has 1 N–H and O–H groups in total. The SMILES string of the molecule is COc1ccccc1CCNc1cc(C)cc([N+](=O)[O-])c1. The van der Waals surface area contributed by atoms with E-state index >= 15 is 0 Å². The Balaban J connectivity index is 2.02. The molecule has 0 bridgehead atoms. The summed E-state index contributed by atoms with van der Waals surface area (Å²) in [5.74, 6) is 0.856. The first-order valence-electron chi connectivity index (χ1n) is 6.72. The largest absolute Gasteiger partial charge is 0.496 e. The first kappa shape index (κ1) is 14.8. The number of hydrogen-bond acceptors (Lipinski definition) is 4. The van der Waals surface area contributed by atoms with Gasteiger partial charge in [0, 0.05) is 24.4 Å². The van der Waals surface area contributed by atoms with Gasteiger partial charge in [0.25, 0.3) is 5.69 Å². The molecule has 110 valence electrons. The summed E-state index contributed by atoms with van der Waals surface area (Å²) in [5, 5.41) is 14.1. The van der Waals surface area contributed by atoms with Gasteiger partial charge in [-0.25, -0.2) is 0 Å². The Hall–Kier alpha value is -2.56. The zero-order chi connectivity index (χ0) is 15.2. The zero-order valence-corrected chi connectivity index (χ0v) is 12.1. The maximum Gasteiger partial charge on any atom is 0.271 e. The van der Waals surface area contributed by atoms with Crippen molar-refractivity contribution in [2.24, 2.45) is 0 Å². The van der Waals surface area contributed by atoms with Crippen LogP contribution in [-0.4, -0.2) is 18.6 Å². The van der Waals surface area contributed by atoms with Crippen molar-refractivity contribution in [3.8, 4) is 5.75 Å². The van der Waals surface area contributed by atoms with Crippen LogP contribution in [0.1, 0.15) is 11.1 Å². The number of benzene rings is 2. The fraction of sp³-hybridized carbons (Fsp3) is 0.250. The molecule has 0 aromatic heterocycles. The lowest BCUT2D eigenvalue weighted by atomic mass is 10.1.